The van der Waals surface area contributed by atoms with Gasteiger partial charge in [-0.2, -0.15) is 5.10 Å². The third-order valence-corrected chi connectivity index (χ3v) is 2.61. The van der Waals surface area contributed by atoms with E-state index in [0.29, 0.717) is 0 Å². The Labute approximate surface area is 87.3 Å². The van der Waals surface area contributed by atoms with E-state index in [0.717, 1.165) is 19.4 Å². The Morgan fingerprint density at radius 1 is 1.14 bits per heavy atom. The maximum Gasteiger partial charge on any atom is 0.0624 e. The Hall–Kier alpha value is -0.790. The lowest BCUT2D eigenvalue weighted by molar-refractivity contribution is 0.531. The Balaban J connectivity index is 2.59. The van der Waals surface area contributed by atoms with Crippen LogP contribution in [0.15, 0.2) is 6.07 Å². The Kier molecular flexibility index (Phi) is 4.71. The second-order valence-electron chi connectivity index (χ2n) is 3.76. The molecule has 0 aromatic carbocycles. The summed E-state index contributed by atoms with van der Waals surface area (Å²) >= 11 is 0. The van der Waals surface area contributed by atoms with Gasteiger partial charge in [0.1, 0.15) is 0 Å². The van der Waals surface area contributed by atoms with Crippen LogP contribution in [-0.4, -0.2) is 9.78 Å². The molecule has 1 heterocycles. The lowest BCUT2D eigenvalue weighted by Gasteiger charge is -2.04. The zero-order valence-electron chi connectivity index (χ0n) is 9.71. The number of unbranched alkanes of at least 4 members (excludes halogenated alkanes) is 2. The summed E-state index contributed by atoms with van der Waals surface area (Å²) in [5.41, 5.74) is 2.62. The molecule has 0 radical (unpaired) electrons. The molecule has 0 spiro atoms. The van der Waals surface area contributed by atoms with Gasteiger partial charge in [0.15, 0.2) is 0 Å². The highest BCUT2D eigenvalue weighted by atomic mass is 15.3. The zero-order valence-corrected chi connectivity index (χ0v) is 9.71. The quantitative estimate of drug-likeness (QED) is 0.636. The molecule has 0 aliphatic heterocycles. The summed E-state index contributed by atoms with van der Waals surface area (Å²) in [6.07, 6.45) is 6.00. The molecular weight excluding hydrogens is 172 g/mol. The molecule has 2 nitrogen and oxygen atoms in total. The van der Waals surface area contributed by atoms with Gasteiger partial charge in [-0.25, -0.2) is 0 Å². The van der Waals surface area contributed by atoms with Crippen LogP contribution in [0.5, 0.6) is 0 Å². The number of rotatable bonds is 6. The molecule has 2 heteroatoms. The van der Waals surface area contributed by atoms with E-state index in [-0.39, 0.29) is 0 Å². The first kappa shape index (κ1) is 11.3. The van der Waals surface area contributed by atoms with Crippen LogP contribution in [-0.2, 0) is 19.4 Å². The monoisotopic (exact) mass is 194 g/mol. The Morgan fingerprint density at radius 3 is 2.50 bits per heavy atom. The van der Waals surface area contributed by atoms with E-state index >= 15 is 0 Å². The maximum atomic E-state index is 4.59. The van der Waals surface area contributed by atoms with E-state index in [4.69, 9.17) is 0 Å². The normalized spacial score (nSPS) is 10.8. The molecule has 0 aliphatic carbocycles. The van der Waals surface area contributed by atoms with E-state index in [2.05, 4.69) is 36.6 Å². The van der Waals surface area contributed by atoms with Crippen LogP contribution in [0.2, 0.25) is 0 Å². The summed E-state index contributed by atoms with van der Waals surface area (Å²) < 4.78 is 2.19. The summed E-state index contributed by atoms with van der Waals surface area (Å²) in [5.74, 6) is 0. The van der Waals surface area contributed by atoms with E-state index in [1.807, 2.05) is 0 Å². The maximum absolute atomic E-state index is 4.59. The number of nitrogens with zero attached hydrogens (tertiary/aromatic N) is 2. The highest BCUT2D eigenvalue weighted by Crippen LogP contribution is 2.08. The Morgan fingerprint density at radius 2 is 1.93 bits per heavy atom. The molecule has 0 unspecified atom stereocenters. The van der Waals surface area contributed by atoms with Crippen molar-refractivity contribution in [3.63, 3.8) is 0 Å². The third kappa shape index (κ3) is 2.86. The van der Waals surface area contributed by atoms with Gasteiger partial charge in [0.2, 0.25) is 0 Å². The number of aryl methyl sites for hydroxylation is 3. The van der Waals surface area contributed by atoms with Gasteiger partial charge in [-0.05, 0) is 25.3 Å². The van der Waals surface area contributed by atoms with Crippen LogP contribution in [0.3, 0.4) is 0 Å². The van der Waals surface area contributed by atoms with Gasteiger partial charge in [-0.15, -0.1) is 0 Å². The average Bonchev–Trinajstić information content (AvgIpc) is 2.61. The smallest absolute Gasteiger partial charge is 0.0624 e. The van der Waals surface area contributed by atoms with Crippen LogP contribution in [0, 0.1) is 0 Å². The summed E-state index contributed by atoms with van der Waals surface area (Å²) in [7, 11) is 0. The van der Waals surface area contributed by atoms with Gasteiger partial charge in [0.25, 0.3) is 0 Å². The van der Waals surface area contributed by atoms with Crippen molar-refractivity contribution in [2.24, 2.45) is 0 Å². The highest BCUT2D eigenvalue weighted by molar-refractivity contribution is 5.10. The summed E-state index contributed by atoms with van der Waals surface area (Å²) in [4.78, 5) is 0. The topological polar surface area (TPSA) is 17.8 Å². The minimum absolute atomic E-state index is 1.05. The van der Waals surface area contributed by atoms with Gasteiger partial charge in [-0.3, -0.25) is 4.68 Å². The summed E-state index contributed by atoms with van der Waals surface area (Å²) in [6, 6.07) is 2.24. The molecule has 14 heavy (non-hydrogen) atoms. The molecule has 0 saturated heterocycles. The van der Waals surface area contributed by atoms with Crippen molar-refractivity contribution >= 4 is 0 Å². The molecule has 80 valence electrons. The molecule has 0 bridgehead atoms. The third-order valence-electron chi connectivity index (χ3n) is 2.61. The summed E-state index contributed by atoms with van der Waals surface area (Å²) in [6.45, 7) is 7.70. The van der Waals surface area contributed by atoms with Gasteiger partial charge in [0, 0.05) is 12.2 Å². The molecule has 0 aliphatic rings. The van der Waals surface area contributed by atoms with Crippen LogP contribution in [0.1, 0.15) is 51.4 Å². The van der Waals surface area contributed by atoms with Gasteiger partial charge in [0.05, 0.1) is 5.69 Å². The van der Waals surface area contributed by atoms with E-state index in [1.165, 1.54) is 30.7 Å². The largest absolute Gasteiger partial charge is 0.269 e. The van der Waals surface area contributed by atoms with Crippen molar-refractivity contribution in [2.45, 2.75) is 59.4 Å². The van der Waals surface area contributed by atoms with Crippen molar-refractivity contribution in [3.8, 4) is 0 Å². The van der Waals surface area contributed by atoms with Gasteiger partial charge >= 0.3 is 0 Å². The van der Waals surface area contributed by atoms with E-state index in [1.54, 1.807) is 0 Å². The van der Waals surface area contributed by atoms with E-state index in [9.17, 15) is 0 Å². The van der Waals surface area contributed by atoms with Crippen molar-refractivity contribution in [3.05, 3.63) is 17.5 Å². The fourth-order valence-corrected chi connectivity index (χ4v) is 1.68. The standard InChI is InChI=1S/C12H22N2/c1-4-7-8-9-14-12(6-3)10-11(5-2)13-14/h10H,4-9H2,1-3H3. The fraction of sp³-hybridized carbons (Fsp3) is 0.750. The first-order valence-corrected chi connectivity index (χ1v) is 5.87. The molecule has 1 aromatic rings. The van der Waals surface area contributed by atoms with Crippen molar-refractivity contribution in [1.29, 1.82) is 0 Å². The van der Waals surface area contributed by atoms with Crippen LogP contribution >= 0.6 is 0 Å². The minimum Gasteiger partial charge on any atom is -0.269 e. The van der Waals surface area contributed by atoms with Gasteiger partial charge < -0.3 is 0 Å². The molecule has 0 N–H and O–H groups in total. The molecule has 0 amide bonds. The second-order valence-corrected chi connectivity index (χ2v) is 3.76. The van der Waals surface area contributed by atoms with Crippen molar-refractivity contribution < 1.29 is 0 Å². The SMILES string of the molecule is CCCCCn1nc(CC)cc1CC. The zero-order chi connectivity index (χ0) is 10.4. The predicted octanol–water partition coefficient (Wildman–Crippen LogP) is 3.20. The average molecular weight is 194 g/mol. The first-order chi connectivity index (χ1) is 6.81. The van der Waals surface area contributed by atoms with Crippen LogP contribution < -0.4 is 0 Å². The number of aromatic nitrogens is 2. The van der Waals surface area contributed by atoms with Crippen LogP contribution in [0.4, 0.5) is 0 Å². The molecule has 1 rings (SSSR count). The molecular formula is C12H22N2. The van der Waals surface area contributed by atoms with Crippen LogP contribution in [0.25, 0.3) is 0 Å². The number of hydrogen-bond acceptors (Lipinski definition) is 1. The van der Waals surface area contributed by atoms with Gasteiger partial charge in [-0.1, -0.05) is 33.6 Å². The molecule has 0 fully saturated rings. The molecule has 1 aromatic heterocycles. The lowest BCUT2D eigenvalue weighted by Crippen LogP contribution is -2.04. The van der Waals surface area contributed by atoms with Crippen molar-refractivity contribution in [2.75, 3.05) is 0 Å². The van der Waals surface area contributed by atoms with E-state index < -0.39 is 0 Å². The lowest BCUT2D eigenvalue weighted by atomic mass is 10.2. The molecule has 0 atom stereocenters. The predicted molar refractivity (Wildman–Crippen MR) is 60.5 cm³/mol. The highest BCUT2D eigenvalue weighted by Gasteiger charge is 2.03. The number of hydrogen-bond donors (Lipinski definition) is 0. The fourth-order valence-electron chi connectivity index (χ4n) is 1.68. The Bertz CT molecular complexity index is 263. The minimum atomic E-state index is 1.05. The van der Waals surface area contributed by atoms with Crippen molar-refractivity contribution in [1.82, 2.24) is 9.78 Å². The molecule has 0 saturated carbocycles. The first-order valence-electron chi connectivity index (χ1n) is 5.87. The second kappa shape index (κ2) is 5.84. The summed E-state index contributed by atoms with van der Waals surface area (Å²) in [5, 5.41) is 4.59.